The average molecular weight is 274 g/mol. The van der Waals surface area contributed by atoms with Crippen LogP contribution in [-0.4, -0.2) is 19.8 Å². The molecule has 4 nitrogen and oxygen atoms in total. The van der Waals surface area contributed by atoms with E-state index in [2.05, 4.69) is 0 Å². The van der Waals surface area contributed by atoms with E-state index in [4.69, 9.17) is 26.8 Å². The van der Waals surface area contributed by atoms with Crippen molar-refractivity contribution in [1.82, 2.24) is 0 Å². The van der Waals surface area contributed by atoms with Gasteiger partial charge in [-0.15, -0.1) is 0 Å². The van der Waals surface area contributed by atoms with Gasteiger partial charge in [-0.2, -0.15) is 0 Å². The number of halogens is 2. The molecule has 0 aliphatic heterocycles. The van der Waals surface area contributed by atoms with E-state index in [-0.39, 0.29) is 23.5 Å². The molecule has 0 radical (unpaired) electrons. The molecule has 1 amide bonds. The van der Waals surface area contributed by atoms with Crippen molar-refractivity contribution in [2.45, 2.75) is 12.3 Å². The second kappa shape index (κ2) is 5.02. The van der Waals surface area contributed by atoms with Gasteiger partial charge in [-0.1, -0.05) is 11.6 Å². The molecule has 18 heavy (non-hydrogen) atoms. The van der Waals surface area contributed by atoms with Crippen molar-refractivity contribution in [2.75, 3.05) is 13.7 Å². The fraction of sp³-hybridized carbons (Fsp3) is 0.417. The van der Waals surface area contributed by atoms with Crippen LogP contribution in [0.15, 0.2) is 12.1 Å². The molecule has 2 atom stereocenters. The maximum absolute atomic E-state index is 13.3. The molecule has 1 aliphatic carbocycles. The molecule has 1 aromatic carbocycles. The molecule has 98 valence electrons. The molecule has 2 N–H and O–H groups in total. The minimum absolute atomic E-state index is 0.0623. The minimum Gasteiger partial charge on any atom is -0.496 e. The molecular weight excluding hydrogens is 261 g/mol. The van der Waals surface area contributed by atoms with Crippen LogP contribution in [0.1, 0.15) is 17.9 Å². The summed E-state index contributed by atoms with van der Waals surface area (Å²) in [6.45, 7) is 0.262. The first-order chi connectivity index (χ1) is 8.52. The Bertz CT molecular complexity index is 481. The van der Waals surface area contributed by atoms with Gasteiger partial charge in [-0.3, -0.25) is 0 Å². The van der Waals surface area contributed by atoms with E-state index in [0.717, 1.165) is 12.0 Å². The summed E-state index contributed by atoms with van der Waals surface area (Å²) in [5, 5.41) is 0.0623. The summed E-state index contributed by atoms with van der Waals surface area (Å²) in [5.41, 5.74) is 5.73. The van der Waals surface area contributed by atoms with Crippen LogP contribution in [0.2, 0.25) is 5.02 Å². The van der Waals surface area contributed by atoms with Gasteiger partial charge >= 0.3 is 6.09 Å². The molecule has 2 unspecified atom stereocenters. The first kappa shape index (κ1) is 13.0. The van der Waals surface area contributed by atoms with Gasteiger partial charge in [0.15, 0.2) is 0 Å². The molecule has 0 spiro atoms. The Morgan fingerprint density at radius 1 is 1.61 bits per heavy atom. The van der Waals surface area contributed by atoms with E-state index in [1.54, 1.807) is 6.07 Å². The first-order valence-electron chi connectivity index (χ1n) is 5.48. The molecule has 0 saturated heterocycles. The maximum Gasteiger partial charge on any atom is 0.404 e. The summed E-state index contributed by atoms with van der Waals surface area (Å²) >= 11 is 5.75. The van der Waals surface area contributed by atoms with Gasteiger partial charge in [0, 0.05) is 12.0 Å². The highest BCUT2D eigenvalue weighted by Crippen LogP contribution is 2.51. The highest BCUT2D eigenvalue weighted by Gasteiger charge is 2.41. The van der Waals surface area contributed by atoms with Crippen molar-refractivity contribution in [1.29, 1.82) is 0 Å². The Hall–Kier alpha value is -1.49. The fourth-order valence-corrected chi connectivity index (χ4v) is 2.18. The molecular formula is C12H13ClFNO3. The van der Waals surface area contributed by atoms with Gasteiger partial charge in [-0.25, -0.2) is 9.18 Å². The Labute approximate surface area is 109 Å². The summed E-state index contributed by atoms with van der Waals surface area (Å²) < 4.78 is 23.1. The monoisotopic (exact) mass is 273 g/mol. The van der Waals surface area contributed by atoms with Crippen molar-refractivity contribution < 1.29 is 18.7 Å². The lowest BCUT2D eigenvalue weighted by molar-refractivity contribution is 0.151. The minimum atomic E-state index is -0.787. The van der Waals surface area contributed by atoms with Crippen LogP contribution in [0.25, 0.3) is 0 Å². The molecule has 2 rings (SSSR count). The number of primary amides is 1. The third kappa shape index (κ3) is 2.67. The SMILES string of the molecule is COc1cc(F)c(Cl)cc1C1CC1COC(N)=O. The lowest BCUT2D eigenvalue weighted by atomic mass is 10.1. The Morgan fingerprint density at radius 2 is 2.33 bits per heavy atom. The van der Waals surface area contributed by atoms with E-state index >= 15 is 0 Å². The lowest BCUT2D eigenvalue weighted by Crippen LogP contribution is -2.14. The maximum atomic E-state index is 13.3. The van der Waals surface area contributed by atoms with Crippen LogP contribution in [0, 0.1) is 11.7 Å². The molecule has 1 saturated carbocycles. The predicted octanol–water partition coefficient (Wildman–Crippen LogP) is 2.69. The predicted molar refractivity (Wildman–Crippen MR) is 64.3 cm³/mol. The molecule has 1 fully saturated rings. The van der Waals surface area contributed by atoms with Gasteiger partial charge in [0.2, 0.25) is 0 Å². The third-order valence-corrected chi connectivity index (χ3v) is 3.32. The standard InChI is InChI=1S/C12H13ClFNO3/c1-17-11-4-10(14)9(13)3-8(11)7-2-6(7)5-18-12(15)16/h3-4,6-7H,2,5H2,1H3,(H2,15,16). The number of methoxy groups -OCH3 is 1. The highest BCUT2D eigenvalue weighted by atomic mass is 35.5. The number of rotatable bonds is 4. The normalized spacial score (nSPS) is 21.5. The quantitative estimate of drug-likeness (QED) is 0.917. The molecule has 1 aromatic rings. The second-order valence-corrected chi connectivity index (χ2v) is 4.65. The number of amides is 1. The Balaban J connectivity index is 2.10. The van der Waals surface area contributed by atoms with Crippen LogP contribution in [0.4, 0.5) is 9.18 Å². The molecule has 0 aromatic heterocycles. The van der Waals surface area contributed by atoms with Gasteiger partial charge in [0.25, 0.3) is 0 Å². The van der Waals surface area contributed by atoms with E-state index in [1.165, 1.54) is 13.2 Å². The average Bonchev–Trinajstić information content (AvgIpc) is 3.08. The van der Waals surface area contributed by atoms with Gasteiger partial charge in [0.1, 0.15) is 11.6 Å². The van der Waals surface area contributed by atoms with Crippen LogP contribution in [0.5, 0.6) is 5.75 Å². The summed E-state index contributed by atoms with van der Waals surface area (Å²) in [7, 11) is 1.48. The van der Waals surface area contributed by atoms with Crippen LogP contribution < -0.4 is 10.5 Å². The zero-order valence-corrected chi connectivity index (χ0v) is 10.5. The zero-order valence-electron chi connectivity index (χ0n) is 9.78. The van der Waals surface area contributed by atoms with Crippen molar-refractivity contribution in [3.63, 3.8) is 0 Å². The largest absolute Gasteiger partial charge is 0.496 e. The number of nitrogens with two attached hydrogens (primary N) is 1. The smallest absolute Gasteiger partial charge is 0.404 e. The van der Waals surface area contributed by atoms with Crippen molar-refractivity contribution in [2.24, 2.45) is 11.7 Å². The Morgan fingerprint density at radius 3 is 2.94 bits per heavy atom. The lowest BCUT2D eigenvalue weighted by Gasteiger charge is -2.09. The summed E-state index contributed by atoms with van der Waals surface area (Å²) in [4.78, 5) is 10.5. The number of hydrogen-bond acceptors (Lipinski definition) is 3. The van der Waals surface area contributed by atoms with Gasteiger partial charge in [0.05, 0.1) is 18.7 Å². The second-order valence-electron chi connectivity index (χ2n) is 4.24. The van der Waals surface area contributed by atoms with Gasteiger partial charge < -0.3 is 15.2 Å². The Kier molecular flexibility index (Phi) is 3.61. The molecule has 0 bridgehead atoms. The number of carbonyl (C=O) groups excluding carboxylic acids is 1. The number of hydrogen-bond donors (Lipinski definition) is 1. The highest BCUT2D eigenvalue weighted by molar-refractivity contribution is 6.30. The number of carbonyl (C=O) groups is 1. The first-order valence-corrected chi connectivity index (χ1v) is 5.86. The van der Waals surface area contributed by atoms with E-state index in [0.29, 0.717) is 5.75 Å². The van der Waals surface area contributed by atoms with Gasteiger partial charge in [-0.05, 0) is 24.0 Å². The molecule has 1 aliphatic rings. The van der Waals surface area contributed by atoms with Crippen molar-refractivity contribution >= 4 is 17.7 Å². The van der Waals surface area contributed by atoms with E-state index < -0.39 is 11.9 Å². The topological polar surface area (TPSA) is 61.6 Å². The molecule has 0 heterocycles. The summed E-state index contributed by atoms with van der Waals surface area (Å²) in [6, 6.07) is 2.83. The molecule has 6 heteroatoms. The van der Waals surface area contributed by atoms with E-state index in [9.17, 15) is 9.18 Å². The van der Waals surface area contributed by atoms with Crippen LogP contribution in [-0.2, 0) is 4.74 Å². The fourth-order valence-electron chi connectivity index (χ4n) is 2.01. The summed E-state index contributed by atoms with van der Waals surface area (Å²) in [5.74, 6) is 0.302. The number of benzene rings is 1. The third-order valence-electron chi connectivity index (χ3n) is 3.03. The number of ether oxygens (including phenoxy) is 2. The van der Waals surface area contributed by atoms with Crippen molar-refractivity contribution in [3.05, 3.63) is 28.5 Å². The van der Waals surface area contributed by atoms with Crippen molar-refractivity contribution in [3.8, 4) is 5.75 Å². The zero-order chi connectivity index (χ0) is 13.3. The van der Waals surface area contributed by atoms with Crippen LogP contribution >= 0.6 is 11.6 Å². The summed E-state index contributed by atoms with van der Waals surface area (Å²) in [6.07, 6.45) is 0.0516. The van der Waals surface area contributed by atoms with E-state index in [1.807, 2.05) is 0 Å². The van der Waals surface area contributed by atoms with Crippen LogP contribution in [0.3, 0.4) is 0 Å².